The molecule has 1 heterocycles. The van der Waals surface area contributed by atoms with Crippen molar-refractivity contribution in [3.63, 3.8) is 0 Å². The van der Waals surface area contributed by atoms with Crippen LogP contribution in [-0.4, -0.2) is 51.1 Å². The van der Waals surface area contributed by atoms with Gasteiger partial charge in [0.15, 0.2) is 5.82 Å². The number of nitrogens with two attached hydrogens (primary N) is 2. The molecule has 0 atom stereocenters. The molecule has 0 saturated carbocycles. The number of nitrogens with zero attached hydrogens (tertiary/aromatic N) is 3. The first-order valence-corrected chi connectivity index (χ1v) is 9.47. The third kappa shape index (κ3) is 6.57. The molecule has 0 aliphatic carbocycles. The summed E-state index contributed by atoms with van der Waals surface area (Å²) >= 11 is 0. The summed E-state index contributed by atoms with van der Waals surface area (Å²) in [4.78, 5) is 0. The average Bonchev–Trinajstić information content (AvgIpc) is 2.34. The van der Waals surface area contributed by atoms with Crippen LogP contribution in [0, 0.1) is 0 Å². The minimum absolute atomic E-state index is 0.686. The van der Waals surface area contributed by atoms with E-state index in [0.29, 0.717) is 22.3 Å². The monoisotopic (exact) mass is 290 g/mol. The van der Waals surface area contributed by atoms with E-state index in [1.54, 1.807) is 12.3 Å². The first-order chi connectivity index (χ1) is 8.14. The van der Waals surface area contributed by atoms with Gasteiger partial charge in [-0.05, 0) is 17.7 Å². The number of hydrogen-bond donors (Lipinski definition) is 3. The zero-order chi connectivity index (χ0) is 12.6. The van der Waals surface area contributed by atoms with E-state index in [0.717, 1.165) is 13.0 Å². The van der Waals surface area contributed by atoms with Gasteiger partial charge in [-0.15, -0.1) is 10.2 Å². The van der Waals surface area contributed by atoms with Crippen LogP contribution in [-0.2, 0) is 8.23 Å². The molecule has 0 unspecified atom stereocenters. The Hall–Kier alpha value is -0.699. The fourth-order valence-electron chi connectivity index (χ4n) is 1.16. The van der Waals surface area contributed by atoms with Crippen molar-refractivity contribution in [2.45, 2.75) is 12.5 Å². The lowest BCUT2D eigenvalue weighted by molar-refractivity contribution is 0.466. The van der Waals surface area contributed by atoms with Crippen molar-refractivity contribution in [3.05, 3.63) is 12.3 Å². The number of rotatable bonds is 8. The number of aromatic nitrogens is 3. The zero-order valence-electron chi connectivity index (χ0n) is 9.80. The van der Waals surface area contributed by atoms with E-state index >= 15 is 0 Å². The molecule has 1 aromatic heterocycles. The third-order valence-electron chi connectivity index (χ3n) is 2.00. The maximum absolute atomic E-state index is 5.88. The molecular weight excluding hydrogens is 272 g/mol. The molecule has 5 N–H and O–H groups in total. The molecule has 8 nitrogen and oxygen atoms in total. The minimum Gasteiger partial charge on any atom is -0.449 e. The summed E-state index contributed by atoms with van der Waals surface area (Å²) in [7, 11) is -2.75. The lowest BCUT2D eigenvalue weighted by atomic mass is 10.4. The Bertz CT molecular complexity index is 316. The van der Waals surface area contributed by atoms with Crippen LogP contribution in [0.4, 0.5) is 5.82 Å². The Labute approximate surface area is 106 Å². The van der Waals surface area contributed by atoms with Gasteiger partial charge >= 0.3 is 8.64 Å². The molecule has 0 aliphatic heterocycles. The van der Waals surface area contributed by atoms with Crippen LogP contribution in [0.25, 0.3) is 0 Å². The number of anilines is 1. The molecule has 0 amide bonds. The molecule has 17 heavy (non-hydrogen) atoms. The van der Waals surface area contributed by atoms with E-state index in [4.69, 9.17) is 19.0 Å². The third-order valence-corrected chi connectivity index (χ3v) is 6.70. The Balaban J connectivity index is 2.15. The van der Waals surface area contributed by atoms with Gasteiger partial charge in [-0.25, -0.2) is 0 Å². The fraction of sp³-hybridized carbons (Fsp3) is 0.500. The molecule has 0 radical (unpaired) electrons. The Morgan fingerprint density at radius 2 is 2.35 bits per heavy atom. The van der Waals surface area contributed by atoms with Crippen molar-refractivity contribution < 1.29 is 8.23 Å². The quantitative estimate of drug-likeness (QED) is 0.339. The molecule has 0 fully saturated rings. The van der Waals surface area contributed by atoms with Gasteiger partial charge in [0.25, 0.3) is 10.0 Å². The Morgan fingerprint density at radius 1 is 1.53 bits per heavy atom. The van der Waals surface area contributed by atoms with Crippen molar-refractivity contribution in [1.29, 1.82) is 0 Å². The fourth-order valence-corrected chi connectivity index (χ4v) is 4.87. The Kier molecular flexibility index (Phi) is 6.41. The summed E-state index contributed by atoms with van der Waals surface area (Å²) in [5, 5.41) is 25.8. The second-order valence-electron chi connectivity index (χ2n) is 3.54. The average molecular weight is 291 g/mol. The van der Waals surface area contributed by atoms with Gasteiger partial charge in [0, 0.05) is 12.6 Å². The molecular formula is C6H18N6O2Si3. The SMILES string of the molecule is N[Si](N)(CCCNc1ccnnn1)O[SiH2]O[SiH3]. The van der Waals surface area contributed by atoms with Gasteiger partial charge in [0.1, 0.15) is 10.5 Å². The summed E-state index contributed by atoms with van der Waals surface area (Å²) in [6.07, 6.45) is 2.41. The van der Waals surface area contributed by atoms with Crippen LogP contribution >= 0.6 is 0 Å². The predicted octanol–water partition coefficient (Wildman–Crippen LogP) is -3.16. The first kappa shape index (κ1) is 14.4. The van der Waals surface area contributed by atoms with Crippen LogP contribution < -0.4 is 16.1 Å². The summed E-state index contributed by atoms with van der Waals surface area (Å²) in [6, 6.07) is 2.44. The maximum Gasteiger partial charge on any atom is 0.337 e. The summed E-state index contributed by atoms with van der Waals surface area (Å²) < 4.78 is 10.5. The molecule has 0 spiro atoms. The Morgan fingerprint density at radius 3 is 3.00 bits per heavy atom. The van der Waals surface area contributed by atoms with Crippen LogP contribution in [0.15, 0.2) is 12.3 Å². The molecule has 96 valence electrons. The molecule has 1 aromatic rings. The van der Waals surface area contributed by atoms with Crippen molar-refractivity contribution in [2.75, 3.05) is 11.9 Å². The second kappa shape index (κ2) is 7.59. The van der Waals surface area contributed by atoms with Gasteiger partial charge < -0.3 is 24.3 Å². The minimum atomic E-state index is -2.49. The van der Waals surface area contributed by atoms with Crippen molar-refractivity contribution in [2.24, 2.45) is 10.8 Å². The molecule has 0 aliphatic rings. The maximum atomic E-state index is 5.88. The normalized spacial score (nSPS) is 12.4. The molecule has 0 saturated heterocycles. The van der Waals surface area contributed by atoms with Gasteiger partial charge in [-0.2, -0.15) is 0 Å². The smallest absolute Gasteiger partial charge is 0.337 e. The van der Waals surface area contributed by atoms with E-state index in [9.17, 15) is 0 Å². The van der Waals surface area contributed by atoms with Gasteiger partial charge in [0.2, 0.25) is 0 Å². The molecule has 0 aromatic carbocycles. The van der Waals surface area contributed by atoms with Crippen LogP contribution in [0.1, 0.15) is 6.42 Å². The largest absolute Gasteiger partial charge is 0.449 e. The van der Waals surface area contributed by atoms with Crippen LogP contribution in [0.3, 0.4) is 0 Å². The standard InChI is InChI=1S/C6H18N6O2Si3/c7-17(8,14-16-13-15)5-1-3-9-6-2-4-10-12-11-6/h2,4H,1,3,5,7-8,16H2,15H3,(H,9,10,11). The highest BCUT2D eigenvalue weighted by Gasteiger charge is 2.24. The predicted molar refractivity (Wildman–Crippen MR) is 72.5 cm³/mol. The topological polar surface area (TPSA) is 121 Å². The zero-order valence-corrected chi connectivity index (χ0v) is 14.2. The van der Waals surface area contributed by atoms with E-state index in [1.807, 2.05) is 0 Å². The highest BCUT2D eigenvalue weighted by molar-refractivity contribution is 6.71. The molecule has 1 rings (SSSR count). The summed E-state index contributed by atoms with van der Waals surface area (Å²) in [5.41, 5.74) is 0. The number of hydrogen-bond acceptors (Lipinski definition) is 8. The van der Waals surface area contributed by atoms with E-state index in [1.165, 1.54) is 0 Å². The molecule has 0 bridgehead atoms. The first-order valence-electron chi connectivity index (χ1n) is 5.23. The second-order valence-corrected chi connectivity index (χ2v) is 9.65. The van der Waals surface area contributed by atoms with Crippen LogP contribution in [0.2, 0.25) is 6.04 Å². The van der Waals surface area contributed by atoms with Crippen molar-refractivity contribution >= 4 is 35.0 Å². The highest BCUT2D eigenvalue weighted by atomic mass is 28.4. The summed E-state index contributed by atoms with van der Waals surface area (Å²) in [5.74, 6) is 0.694. The molecule has 11 heteroatoms. The van der Waals surface area contributed by atoms with Crippen molar-refractivity contribution in [3.8, 4) is 0 Å². The van der Waals surface area contributed by atoms with Crippen LogP contribution in [0.5, 0.6) is 0 Å². The van der Waals surface area contributed by atoms with E-state index in [2.05, 4.69) is 20.7 Å². The highest BCUT2D eigenvalue weighted by Crippen LogP contribution is 2.03. The van der Waals surface area contributed by atoms with Crippen molar-refractivity contribution in [1.82, 2.24) is 15.4 Å². The lowest BCUT2D eigenvalue weighted by Crippen LogP contribution is -2.59. The lowest BCUT2D eigenvalue weighted by Gasteiger charge is -2.20. The van der Waals surface area contributed by atoms with Gasteiger partial charge in [-0.1, -0.05) is 0 Å². The van der Waals surface area contributed by atoms with E-state index in [-0.39, 0.29) is 0 Å². The summed E-state index contributed by atoms with van der Waals surface area (Å²) in [6.45, 7) is 0.731. The van der Waals surface area contributed by atoms with E-state index < -0.39 is 18.6 Å². The van der Waals surface area contributed by atoms with Gasteiger partial charge in [-0.3, -0.25) is 0 Å². The number of nitrogens with one attached hydrogen (secondary N) is 1. The van der Waals surface area contributed by atoms with Gasteiger partial charge in [0.05, 0.1) is 6.20 Å².